The molecule has 216 valence electrons. The largest absolute Gasteiger partial charge is 0.507 e. The molecule has 0 fully saturated rings. The van der Waals surface area contributed by atoms with Crippen LogP contribution in [-0.2, 0) is 5.41 Å². The molecule has 0 atom stereocenters. The SMILES string of the molecule is O=C(O)c1ccc(C(c2ccccc2)(c2ccc(O)c(-c3ccccc3O)c2)c2ccc(O)c(-c3ccccc3O)c2)cc1. The molecule has 0 saturated heterocycles. The lowest BCUT2D eigenvalue weighted by atomic mass is 9.64. The van der Waals surface area contributed by atoms with Crippen molar-refractivity contribution in [2.75, 3.05) is 0 Å². The van der Waals surface area contributed by atoms with Crippen molar-refractivity contribution < 1.29 is 30.3 Å². The molecule has 0 saturated carbocycles. The van der Waals surface area contributed by atoms with Crippen LogP contribution in [0.2, 0.25) is 0 Å². The van der Waals surface area contributed by atoms with E-state index < -0.39 is 11.4 Å². The molecule has 0 unspecified atom stereocenters. The van der Waals surface area contributed by atoms with Gasteiger partial charge in [-0.3, -0.25) is 0 Å². The van der Waals surface area contributed by atoms with Crippen molar-refractivity contribution in [1.82, 2.24) is 0 Å². The van der Waals surface area contributed by atoms with Gasteiger partial charge in [-0.05, 0) is 70.8 Å². The van der Waals surface area contributed by atoms with Crippen molar-refractivity contribution in [3.8, 4) is 45.3 Å². The quantitative estimate of drug-likeness (QED) is 0.122. The van der Waals surface area contributed by atoms with Crippen LogP contribution in [0.25, 0.3) is 22.3 Å². The van der Waals surface area contributed by atoms with Crippen molar-refractivity contribution in [3.05, 3.63) is 167 Å². The van der Waals surface area contributed by atoms with Crippen LogP contribution in [0.5, 0.6) is 23.0 Å². The zero-order chi connectivity index (χ0) is 30.8. The lowest BCUT2D eigenvalue weighted by Crippen LogP contribution is -2.31. The molecule has 5 N–H and O–H groups in total. The van der Waals surface area contributed by atoms with E-state index in [0.717, 1.165) is 11.1 Å². The molecule has 6 rings (SSSR count). The molecule has 0 aliphatic carbocycles. The highest BCUT2D eigenvalue weighted by atomic mass is 16.4. The Labute approximate surface area is 254 Å². The van der Waals surface area contributed by atoms with E-state index in [1.807, 2.05) is 42.5 Å². The summed E-state index contributed by atoms with van der Waals surface area (Å²) in [4.78, 5) is 11.8. The third-order valence-electron chi connectivity index (χ3n) is 8.02. The van der Waals surface area contributed by atoms with Crippen molar-refractivity contribution >= 4 is 5.97 Å². The average molecular weight is 581 g/mol. The van der Waals surface area contributed by atoms with Gasteiger partial charge in [0.1, 0.15) is 23.0 Å². The predicted molar refractivity (Wildman–Crippen MR) is 169 cm³/mol. The monoisotopic (exact) mass is 580 g/mol. The first-order chi connectivity index (χ1) is 21.3. The Balaban J connectivity index is 1.74. The molecule has 6 nitrogen and oxygen atoms in total. The van der Waals surface area contributed by atoms with Gasteiger partial charge in [-0.15, -0.1) is 0 Å². The van der Waals surface area contributed by atoms with Crippen molar-refractivity contribution in [2.24, 2.45) is 0 Å². The first-order valence-corrected chi connectivity index (χ1v) is 13.9. The number of carboxylic acids is 1. The maximum atomic E-state index is 11.8. The molecule has 0 spiro atoms. The first-order valence-electron chi connectivity index (χ1n) is 13.9. The number of hydrogen-bond acceptors (Lipinski definition) is 5. The molecule has 0 heterocycles. The summed E-state index contributed by atoms with van der Waals surface area (Å²) >= 11 is 0. The summed E-state index contributed by atoms with van der Waals surface area (Å²) < 4.78 is 0. The van der Waals surface area contributed by atoms with Crippen LogP contribution >= 0.6 is 0 Å². The number of carbonyl (C=O) groups is 1. The Kier molecular flexibility index (Phi) is 7.25. The van der Waals surface area contributed by atoms with Gasteiger partial charge >= 0.3 is 5.97 Å². The van der Waals surface area contributed by atoms with Crippen molar-refractivity contribution in [3.63, 3.8) is 0 Å². The zero-order valence-corrected chi connectivity index (χ0v) is 23.4. The van der Waals surface area contributed by atoms with E-state index in [2.05, 4.69) is 0 Å². The maximum Gasteiger partial charge on any atom is 0.335 e. The summed E-state index contributed by atoms with van der Waals surface area (Å²) in [6.07, 6.45) is 0. The molecule has 6 heteroatoms. The fourth-order valence-corrected chi connectivity index (χ4v) is 5.92. The topological polar surface area (TPSA) is 118 Å². The second-order valence-corrected chi connectivity index (χ2v) is 10.5. The minimum Gasteiger partial charge on any atom is -0.507 e. The van der Waals surface area contributed by atoms with Gasteiger partial charge in [0.05, 0.1) is 11.0 Å². The minimum absolute atomic E-state index is 0.00236. The van der Waals surface area contributed by atoms with E-state index in [1.54, 1.807) is 97.1 Å². The summed E-state index contributed by atoms with van der Waals surface area (Å²) in [7, 11) is 0. The van der Waals surface area contributed by atoms with E-state index in [4.69, 9.17) is 0 Å². The summed E-state index contributed by atoms with van der Waals surface area (Å²) in [6.45, 7) is 0. The Bertz CT molecular complexity index is 1890. The number of phenols is 4. The van der Waals surface area contributed by atoms with Crippen molar-refractivity contribution in [2.45, 2.75) is 5.41 Å². The Morgan fingerprint density at radius 1 is 0.409 bits per heavy atom. The zero-order valence-electron chi connectivity index (χ0n) is 23.4. The second kappa shape index (κ2) is 11.3. The molecule has 0 aliphatic rings. The Morgan fingerprint density at radius 3 is 1.25 bits per heavy atom. The molecule has 44 heavy (non-hydrogen) atoms. The molecule has 0 aromatic heterocycles. The van der Waals surface area contributed by atoms with Gasteiger partial charge in [0.25, 0.3) is 0 Å². The van der Waals surface area contributed by atoms with Gasteiger partial charge in [0, 0.05) is 22.3 Å². The van der Waals surface area contributed by atoms with Crippen LogP contribution in [-0.4, -0.2) is 31.5 Å². The van der Waals surface area contributed by atoms with Gasteiger partial charge in [-0.1, -0.05) is 91.0 Å². The van der Waals surface area contributed by atoms with Gasteiger partial charge in [0.15, 0.2) is 0 Å². The molecular weight excluding hydrogens is 552 g/mol. The number of benzene rings is 6. The number of aromatic carboxylic acids is 1. The fraction of sp³-hybridized carbons (Fsp3) is 0.0263. The lowest BCUT2D eigenvalue weighted by molar-refractivity contribution is 0.0697. The first kappa shape index (κ1) is 28.1. The maximum absolute atomic E-state index is 11.8. The van der Waals surface area contributed by atoms with E-state index in [1.165, 1.54) is 0 Å². The number of hydrogen-bond donors (Lipinski definition) is 5. The normalized spacial score (nSPS) is 11.3. The molecule has 0 amide bonds. The molecular formula is C38H28O6. The third-order valence-corrected chi connectivity index (χ3v) is 8.02. The van der Waals surface area contributed by atoms with E-state index in [0.29, 0.717) is 33.4 Å². The highest BCUT2D eigenvalue weighted by molar-refractivity contribution is 5.88. The fourth-order valence-electron chi connectivity index (χ4n) is 5.92. The van der Waals surface area contributed by atoms with Crippen LogP contribution in [0.1, 0.15) is 32.6 Å². The number of phenolic OH excluding ortho intramolecular Hbond substituents is 4. The van der Waals surface area contributed by atoms with Gasteiger partial charge < -0.3 is 25.5 Å². The second-order valence-electron chi connectivity index (χ2n) is 10.5. The van der Waals surface area contributed by atoms with E-state index >= 15 is 0 Å². The number of aromatic hydroxyl groups is 4. The average Bonchev–Trinajstić information content (AvgIpc) is 3.04. The molecule has 0 bridgehead atoms. The number of rotatable bonds is 7. The van der Waals surface area contributed by atoms with Crippen LogP contribution in [0.3, 0.4) is 0 Å². The van der Waals surface area contributed by atoms with Crippen LogP contribution in [0.4, 0.5) is 0 Å². The summed E-state index contributed by atoms with van der Waals surface area (Å²) in [6, 6.07) is 40.1. The number of carboxylic acid groups (broad SMARTS) is 1. The van der Waals surface area contributed by atoms with E-state index in [-0.39, 0.29) is 28.6 Å². The summed E-state index contributed by atoms with van der Waals surface area (Å²) in [5.41, 5.74) is 3.66. The number of para-hydroxylation sites is 2. The van der Waals surface area contributed by atoms with Crippen LogP contribution < -0.4 is 0 Å². The standard InChI is InChI=1S/C38H28O6/c39-33-12-6-4-10-29(33)31-22-27(18-20-35(31)41)38(25-8-2-1-3-9-25,26-16-14-24(15-17-26)37(43)44)28-19-21-36(42)32(23-28)30-11-5-7-13-34(30)40/h1-23,39-42H,(H,43,44). The highest BCUT2D eigenvalue weighted by Gasteiger charge is 2.39. The summed E-state index contributed by atoms with van der Waals surface area (Å²) in [5, 5.41) is 53.1. The van der Waals surface area contributed by atoms with Crippen LogP contribution in [0.15, 0.2) is 140 Å². The highest BCUT2D eigenvalue weighted by Crippen LogP contribution is 2.49. The third kappa shape index (κ3) is 4.78. The lowest BCUT2D eigenvalue weighted by Gasteiger charge is -2.37. The molecule has 6 aromatic carbocycles. The summed E-state index contributed by atoms with van der Waals surface area (Å²) in [5.74, 6) is -1.11. The Hall–Kier alpha value is -6.01. The minimum atomic E-state index is -1.11. The Morgan fingerprint density at radius 2 is 0.795 bits per heavy atom. The van der Waals surface area contributed by atoms with Crippen LogP contribution in [0, 0.1) is 0 Å². The van der Waals surface area contributed by atoms with Crippen molar-refractivity contribution in [1.29, 1.82) is 0 Å². The molecule has 0 aliphatic heterocycles. The predicted octanol–water partition coefficient (Wildman–Crippen LogP) is 7.92. The van der Waals surface area contributed by atoms with E-state index in [9.17, 15) is 30.3 Å². The van der Waals surface area contributed by atoms with Gasteiger partial charge in [-0.2, -0.15) is 0 Å². The molecule has 0 radical (unpaired) electrons. The smallest absolute Gasteiger partial charge is 0.335 e. The van der Waals surface area contributed by atoms with Gasteiger partial charge in [-0.25, -0.2) is 4.79 Å². The van der Waals surface area contributed by atoms with Gasteiger partial charge in [0.2, 0.25) is 0 Å². The molecule has 6 aromatic rings.